The predicted octanol–water partition coefficient (Wildman–Crippen LogP) is 0.957. The minimum atomic E-state index is -0.462. The van der Waals surface area contributed by atoms with Crippen LogP contribution in [0.1, 0.15) is 6.92 Å². The molecule has 0 atom stereocenters. The molecule has 1 rings (SSSR count). The minimum absolute atomic E-state index is 0.00579. The zero-order chi connectivity index (χ0) is 11.3. The van der Waals surface area contributed by atoms with E-state index in [1.54, 1.807) is 0 Å². The molecule has 1 aromatic heterocycles. The quantitative estimate of drug-likeness (QED) is 0.431. The Morgan fingerprint density at radius 2 is 2.53 bits per heavy atom. The Hall–Kier alpha value is -1.69. The molecule has 6 heteroatoms. The SMILES string of the molecule is C=C(CNCC)Cn1cc([N+](=O)[O-])cn1. The van der Waals surface area contributed by atoms with Gasteiger partial charge in [-0.2, -0.15) is 5.10 Å². The molecule has 15 heavy (non-hydrogen) atoms. The van der Waals surface area contributed by atoms with Gasteiger partial charge in [-0.3, -0.25) is 14.8 Å². The Bertz CT molecular complexity index is 359. The molecule has 0 spiro atoms. The van der Waals surface area contributed by atoms with E-state index in [1.807, 2.05) is 6.92 Å². The zero-order valence-electron chi connectivity index (χ0n) is 8.64. The van der Waals surface area contributed by atoms with Crippen molar-refractivity contribution in [3.8, 4) is 0 Å². The highest BCUT2D eigenvalue weighted by molar-refractivity contribution is 5.21. The second kappa shape index (κ2) is 5.26. The summed E-state index contributed by atoms with van der Waals surface area (Å²) in [5, 5.41) is 17.4. The number of hydrogen-bond acceptors (Lipinski definition) is 4. The maximum absolute atomic E-state index is 10.4. The summed E-state index contributed by atoms with van der Waals surface area (Å²) < 4.78 is 1.51. The van der Waals surface area contributed by atoms with Crippen molar-refractivity contribution in [2.24, 2.45) is 0 Å². The first-order valence-corrected chi connectivity index (χ1v) is 4.67. The van der Waals surface area contributed by atoms with E-state index >= 15 is 0 Å². The average molecular weight is 210 g/mol. The normalized spacial score (nSPS) is 10.2. The van der Waals surface area contributed by atoms with Crippen molar-refractivity contribution in [3.63, 3.8) is 0 Å². The van der Waals surface area contributed by atoms with E-state index in [4.69, 9.17) is 0 Å². The van der Waals surface area contributed by atoms with Crippen molar-refractivity contribution >= 4 is 5.69 Å². The first kappa shape index (κ1) is 11.4. The van der Waals surface area contributed by atoms with Gasteiger partial charge in [0.25, 0.3) is 0 Å². The van der Waals surface area contributed by atoms with Gasteiger partial charge < -0.3 is 5.32 Å². The van der Waals surface area contributed by atoms with Gasteiger partial charge in [0.1, 0.15) is 12.4 Å². The van der Waals surface area contributed by atoms with Gasteiger partial charge in [-0.05, 0) is 12.1 Å². The van der Waals surface area contributed by atoms with Crippen LogP contribution in [0.5, 0.6) is 0 Å². The highest BCUT2D eigenvalue weighted by atomic mass is 16.6. The number of nitrogens with one attached hydrogen (secondary N) is 1. The molecule has 0 aliphatic rings. The Balaban J connectivity index is 2.50. The summed E-state index contributed by atoms with van der Waals surface area (Å²) in [5.74, 6) is 0. The maximum Gasteiger partial charge on any atom is 0.307 e. The molecule has 0 radical (unpaired) electrons. The Kier molecular flexibility index (Phi) is 3.99. The lowest BCUT2D eigenvalue weighted by Gasteiger charge is -2.05. The number of aromatic nitrogens is 2. The number of likely N-dealkylation sites (N-methyl/N-ethyl adjacent to an activating group) is 1. The van der Waals surface area contributed by atoms with Gasteiger partial charge in [0, 0.05) is 6.54 Å². The van der Waals surface area contributed by atoms with E-state index in [0.717, 1.165) is 12.1 Å². The Morgan fingerprint density at radius 1 is 1.80 bits per heavy atom. The summed E-state index contributed by atoms with van der Waals surface area (Å²) in [6, 6.07) is 0. The van der Waals surface area contributed by atoms with Crippen LogP contribution in [0.4, 0.5) is 5.69 Å². The minimum Gasteiger partial charge on any atom is -0.313 e. The standard InChI is InChI=1S/C9H14N4O2/c1-3-10-4-8(2)6-12-7-9(5-11-12)13(14)15/h5,7,10H,2-4,6H2,1H3. The first-order valence-electron chi connectivity index (χ1n) is 4.67. The number of rotatable bonds is 6. The van der Waals surface area contributed by atoms with Crippen molar-refractivity contribution < 1.29 is 4.92 Å². The van der Waals surface area contributed by atoms with Crippen LogP contribution in [-0.2, 0) is 6.54 Å². The third-order valence-corrected chi connectivity index (χ3v) is 1.84. The fourth-order valence-corrected chi connectivity index (χ4v) is 1.12. The van der Waals surface area contributed by atoms with Crippen LogP contribution in [-0.4, -0.2) is 27.8 Å². The van der Waals surface area contributed by atoms with E-state index < -0.39 is 4.92 Å². The average Bonchev–Trinajstić information content (AvgIpc) is 2.63. The van der Waals surface area contributed by atoms with Crippen LogP contribution in [0.2, 0.25) is 0 Å². The summed E-state index contributed by atoms with van der Waals surface area (Å²) in [7, 11) is 0. The summed E-state index contributed by atoms with van der Waals surface area (Å²) >= 11 is 0. The molecule has 1 aromatic rings. The van der Waals surface area contributed by atoms with E-state index in [1.165, 1.54) is 17.1 Å². The number of hydrogen-bond donors (Lipinski definition) is 1. The Labute approximate surface area is 87.7 Å². The van der Waals surface area contributed by atoms with Gasteiger partial charge in [-0.15, -0.1) is 0 Å². The molecule has 0 aromatic carbocycles. The third kappa shape index (κ3) is 3.51. The summed E-state index contributed by atoms with van der Waals surface area (Å²) in [6.45, 7) is 7.93. The van der Waals surface area contributed by atoms with Gasteiger partial charge in [0.15, 0.2) is 0 Å². The molecule has 0 amide bonds. The van der Waals surface area contributed by atoms with E-state index in [2.05, 4.69) is 17.0 Å². The van der Waals surface area contributed by atoms with Crippen LogP contribution in [0.3, 0.4) is 0 Å². The smallest absolute Gasteiger partial charge is 0.307 e. The van der Waals surface area contributed by atoms with Crippen molar-refractivity contribution in [1.82, 2.24) is 15.1 Å². The van der Waals surface area contributed by atoms with Gasteiger partial charge in [0.05, 0.1) is 11.5 Å². The highest BCUT2D eigenvalue weighted by Crippen LogP contribution is 2.08. The van der Waals surface area contributed by atoms with Crippen LogP contribution >= 0.6 is 0 Å². The zero-order valence-corrected chi connectivity index (χ0v) is 8.64. The molecule has 1 heterocycles. The molecule has 6 nitrogen and oxygen atoms in total. The van der Waals surface area contributed by atoms with Crippen LogP contribution in [0, 0.1) is 10.1 Å². The highest BCUT2D eigenvalue weighted by Gasteiger charge is 2.08. The van der Waals surface area contributed by atoms with Crippen molar-refractivity contribution in [3.05, 3.63) is 34.7 Å². The molecular formula is C9H14N4O2. The van der Waals surface area contributed by atoms with Gasteiger partial charge in [-0.1, -0.05) is 13.5 Å². The molecule has 0 unspecified atom stereocenters. The van der Waals surface area contributed by atoms with E-state index in [0.29, 0.717) is 13.1 Å². The molecule has 0 aliphatic heterocycles. The third-order valence-electron chi connectivity index (χ3n) is 1.84. The van der Waals surface area contributed by atoms with Gasteiger partial charge in [0.2, 0.25) is 0 Å². The van der Waals surface area contributed by atoms with Gasteiger partial charge in [-0.25, -0.2) is 0 Å². The fourth-order valence-electron chi connectivity index (χ4n) is 1.12. The molecule has 0 aliphatic carbocycles. The lowest BCUT2D eigenvalue weighted by Crippen LogP contribution is -2.18. The Morgan fingerprint density at radius 3 is 3.07 bits per heavy atom. The first-order chi connectivity index (χ1) is 7.13. The van der Waals surface area contributed by atoms with Gasteiger partial charge >= 0.3 is 5.69 Å². The number of nitro groups is 1. The molecule has 0 fully saturated rings. The van der Waals surface area contributed by atoms with Crippen molar-refractivity contribution in [2.45, 2.75) is 13.5 Å². The van der Waals surface area contributed by atoms with Crippen molar-refractivity contribution in [1.29, 1.82) is 0 Å². The second-order valence-electron chi connectivity index (χ2n) is 3.18. The number of nitrogens with zero attached hydrogens (tertiary/aromatic N) is 3. The largest absolute Gasteiger partial charge is 0.313 e. The summed E-state index contributed by atoms with van der Waals surface area (Å²) in [6.07, 6.45) is 2.64. The summed E-state index contributed by atoms with van der Waals surface area (Å²) in [4.78, 5) is 9.93. The molecule has 1 N–H and O–H groups in total. The molecule has 0 saturated carbocycles. The fraction of sp³-hybridized carbons (Fsp3) is 0.444. The van der Waals surface area contributed by atoms with Crippen LogP contribution in [0.25, 0.3) is 0 Å². The molecule has 0 bridgehead atoms. The lowest BCUT2D eigenvalue weighted by molar-refractivity contribution is -0.385. The summed E-state index contributed by atoms with van der Waals surface area (Å²) in [5.41, 5.74) is 0.945. The van der Waals surface area contributed by atoms with Crippen molar-refractivity contribution in [2.75, 3.05) is 13.1 Å². The monoisotopic (exact) mass is 210 g/mol. The van der Waals surface area contributed by atoms with Crippen LogP contribution in [0.15, 0.2) is 24.5 Å². The topological polar surface area (TPSA) is 73.0 Å². The molecule has 82 valence electrons. The molecule has 0 saturated heterocycles. The second-order valence-corrected chi connectivity index (χ2v) is 3.18. The van der Waals surface area contributed by atoms with E-state index in [9.17, 15) is 10.1 Å². The molecular weight excluding hydrogens is 196 g/mol. The predicted molar refractivity (Wildman–Crippen MR) is 56.6 cm³/mol. The van der Waals surface area contributed by atoms with E-state index in [-0.39, 0.29) is 5.69 Å². The maximum atomic E-state index is 10.4. The van der Waals surface area contributed by atoms with Crippen LogP contribution < -0.4 is 5.32 Å². The lowest BCUT2D eigenvalue weighted by atomic mass is 10.3.